The van der Waals surface area contributed by atoms with E-state index in [0.717, 1.165) is 23.8 Å². The number of likely N-dealkylation sites (N-methyl/N-ethyl adjacent to an activating group) is 1. The van der Waals surface area contributed by atoms with Gasteiger partial charge in [0, 0.05) is 13.6 Å². The van der Waals surface area contributed by atoms with Gasteiger partial charge in [-0.15, -0.1) is 0 Å². The molecular weight excluding hydrogens is 474 g/mol. The van der Waals surface area contributed by atoms with Crippen LogP contribution in [0.15, 0.2) is 54.9 Å². The summed E-state index contributed by atoms with van der Waals surface area (Å²) in [4.78, 5) is 25.2. The zero-order chi connectivity index (χ0) is 25.4. The van der Waals surface area contributed by atoms with Crippen molar-refractivity contribution in [3.63, 3.8) is 0 Å². The normalized spacial score (nSPS) is 21.6. The quantitative estimate of drug-likeness (QED) is 0.317. The van der Waals surface area contributed by atoms with Crippen LogP contribution < -0.4 is 10.6 Å². The second-order valence-electron chi connectivity index (χ2n) is 8.23. The molecule has 36 heavy (non-hydrogen) atoms. The lowest BCUT2D eigenvalue weighted by molar-refractivity contribution is -0.137. The molecule has 2 aromatic heterocycles. The Balaban J connectivity index is 1.61. The largest absolute Gasteiger partial charge is 0.387 e. The molecule has 0 bridgehead atoms. The Morgan fingerprint density at radius 3 is 2.64 bits per heavy atom. The van der Waals surface area contributed by atoms with Crippen molar-refractivity contribution in [1.82, 2.24) is 24.8 Å². The van der Waals surface area contributed by atoms with Crippen LogP contribution in [0.2, 0.25) is 0 Å². The van der Waals surface area contributed by atoms with Gasteiger partial charge in [0.2, 0.25) is 0 Å². The van der Waals surface area contributed by atoms with E-state index in [1.54, 1.807) is 0 Å². The first-order chi connectivity index (χ1) is 17.4. The fourth-order valence-corrected chi connectivity index (χ4v) is 4.05. The first-order valence-electron chi connectivity index (χ1n) is 11.1. The summed E-state index contributed by atoms with van der Waals surface area (Å²) in [6.07, 6.45) is -4.25. The highest BCUT2D eigenvalue weighted by Gasteiger charge is 2.47. The average Bonchev–Trinajstić information content (AvgIpc) is 3.44. The van der Waals surface area contributed by atoms with Crippen molar-refractivity contribution in [2.45, 2.75) is 31.1 Å². The lowest BCUT2D eigenvalue weighted by atomic mass is 10.1. The van der Waals surface area contributed by atoms with Crippen LogP contribution in [0.4, 0.5) is 14.6 Å². The average molecular weight is 496 g/mol. The number of carbonyl (C=O) groups excluding carboxylic acids is 1. The van der Waals surface area contributed by atoms with Crippen LogP contribution in [0.5, 0.6) is 0 Å². The summed E-state index contributed by atoms with van der Waals surface area (Å²) in [7, 11) is 1.38. The Bertz CT molecular complexity index is 1420. The number of halogens is 2. The monoisotopic (exact) mass is 496 g/mol. The van der Waals surface area contributed by atoms with Crippen LogP contribution in [-0.2, 0) is 16.1 Å². The molecule has 0 aliphatic carbocycles. The second-order valence-corrected chi connectivity index (χ2v) is 8.23. The molecule has 4 atom stereocenters. The predicted molar refractivity (Wildman–Crippen MR) is 124 cm³/mol. The van der Waals surface area contributed by atoms with Crippen LogP contribution in [0.1, 0.15) is 11.8 Å². The molecule has 1 aliphatic heterocycles. The molecular formula is C24H22F2N6O4. The van der Waals surface area contributed by atoms with Crippen molar-refractivity contribution in [3.05, 3.63) is 72.1 Å². The maximum Gasteiger partial charge on any atom is 0.251 e. The Kier molecular flexibility index (Phi) is 6.31. The van der Waals surface area contributed by atoms with Crippen molar-refractivity contribution in [3.8, 4) is 11.4 Å². The van der Waals surface area contributed by atoms with Crippen molar-refractivity contribution >= 4 is 22.9 Å². The minimum absolute atomic E-state index is 0.119. The number of amides is 1. The van der Waals surface area contributed by atoms with Crippen LogP contribution >= 0.6 is 0 Å². The van der Waals surface area contributed by atoms with Gasteiger partial charge in [-0.2, -0.15) is 0 Å². The predicted octanol–water partition coefficient (Wildman–Crippen LogP) is 1.75. The molecule has 186 valence electrons. The van der Waals surface area contributed by atoms with Crippen LogP contribution in [0.3, 0.4) is 0 Å². The minimum Gasteiger partial charge on any atom is -0.387 e. The fraction of sp³-hybridized carbons (Fsp3) is 0.250. The summed E-state index contributed by atoms with van der Waals surface area (Å²) in [5.74, 6) is -1.92. The molecule has 3 heterocycles. The number of rotatable bonds is 6. The zero-order valence-corrected chi connectivity index (χ0v) is 19.0. The van der Waals surface area contributed by atoms with Crippen LogP contribution in [-0.4, -0.2) is 61.0 Å². The smallest absolute Gasteiger partial charge is 0.251 e. The number of benzene rings is 2. The van der Waals surface area contributed by atoms with E-state index >= 15 is 0 Å². The number of anilines is 1. The Morgan fingerprint density at radius 2 is 1.89 bits per heavy atom. The number of aromatic nitrogens is 4. The third-order valence-electron chi connectivity index (χ3n) is 5.91. The molecule has 1 amide bonds. The highest BCUT2D eigenvalue weighted by atomic mass is 19.1. The van der Waals surface area contributed by atoms with Gasteiger partial charge < -0.3 is 25.6 Å². The number of hydrogen-bond acceptors (Lipinski definition) is 8. The number of ether oxygens (including phenoxy) is 1. The van der Waals surface area contributed by atoms with Crippen molar-refractivity contribution < 1.29 is 28.5 Å². The topological polar surface area (TPSA) is 134 Å². The third-order valence-corrected chi connectivity index (χ3v) is 5.91. The zero-order valence-electron chi connectivity index (χ0n) is 19.0. The number of carbonyl (C=O) groups is 1. The standard InChI is InChI=1S/C24H22F2N6O4/c1-27-23(35)19-17(33)18(34)24(36-19)32-11-29-16-21(28-10-12-5-3-2-4-6-12)30-20(31-22(16)32)14-9-13(25)7-8-15(14)26/h2-9,11,17-19,24,33-34H,10H2,1H3,(H,27,35)(H,28,30,31)/t17-,18+,19-,24+/m0/s1. The Labute approximate surface area is 203 Å². The van der Waals surface area contributed by atoms with Crippen LogP contribution in [0, 0.1) is 11.6 Å². The minimum atomic E-state index is -1.51. The second kappa shape index (κ2) is 9.57. The third kappa shape index (κ3) is 4.26. The molecule has 4 N–H and O–H groups in total. The van der Waals surface area contributed by atoms with E-state index < -0.39 is 42.1 Å². The molecule has 4 aromatic rings. The molecule has 12 heteroatoms. The summed E-state index contributed by atoms with van der Waals surface area (Å²) in [5.41, 5.74) is 1.14. The van der Waals surface area contributed by atoms with Gasteiger partial charge in [-0.25, -0.2) is 23.7 Å². The first-order valence-corrected chi connectivity index (χ1v) is 11.1. The molecule has 1 aliphatic rings. The lowest BCUT2D eigenvalue weighted by Gasteiger charge is -2.17. The van der Waals surface area contributed by atoms with Gasteiger partial charge in [0.05, 0.1) is 11.9 Å². The molecule has 5 rings (SSSR count). The van der Waals surface area contributed by atoms with Crippen molar-refractivity contribution in [1.29, 1.82) is 0 Å². The van der Waals surface area contributed by atoms with Crippen molar-refractivity contribution in [2.75, 3.05) is 12.4 Å². The van der Waals surface area contributed by atoms with Crippen LogP contribution in [0.25, 0.3) is 22.6 Å². The molecule has 0 unspecified atom stereocenters. The van der Waals surface area contributed by atoms with Gasteiger partial charge >= 0.3 is 0 Å². The molecule has 2 aromatic carbocycles. The van der Waals surface area contributed by atoms with Gasteiger partial charge in [0.1, 0.15) is 23.8 Å². The van der Waals surface area contributed by atoms with E-state index in [9.17, 15) is 23.8 Å². The maximum atomic E-state index is 14.6. The number of aliphatic hydroxyl groups excluding tert-OH is 2. The Hall–Kier alpha value is -4.00. The van der Waals surface area contributed by atoms with Gasteiger partial charge in [-0.3, -0.25) is 9.36 Å². The van der Waals surface area contributed by atoms with E-state index in [2.05, 4.69) is 25.6 Å². The molecule has 0 saturated carbocycles. The fourth-order valence-electron chi connectivity index (χ4n) is 4.05. The number of nitrogens with one attached hydrogen (secondary N) is 2. The SMILES string of the molecule is CNC(=O)[C@H]1O[C@@H](n2cnc3c(NCc4ccccc4)nc(-c4cc(F)ccc4F)nc32)[C@H](O)[C@@H]1O. The lowest BCUT2D eigenvalue weighted by Crippen LogP contribution is -2.41. The highest BCUT2D eigenvalue weighted by molar-refractivity contribution is 5.85. The van der Waals surface area contributed by atoms with Gasteiger partial charge in [-0.05, 0) is 23.8 Å². The molecule has 10 nitrogen and oxygen atoms in total. The van der Waals surface area contributed by atoms with E-state index in [4.69, 9.17) is 4.74 Å². The number of nitrogens with zero attached hydrogens (tertiary/aromatic N) is 4. The molecule has 1 saturated heterocycles. The summed E-state index contributed by atoms with van der Waals surface area (Å²) in [6, 6.07) is 12.4. The molecule has 1 fully saturated rings. The van der Waals surface area contributed by atoms with Gasteiger partial charge in [-0.1, -0.05) is 30.3 Å². The molecule has 0 spiro atoms. The summed E-state index contributed by atoms with van der Waals surface area (Å²) in [5, 5.41) is 26.5. The number of fused-ring (bicyclic) bond motifs is 1. The maximum absolute atomic E-state index is 14.6. The summed E-state index contributed by atoms with van der Waals surface area (Å²) in [6.45, 7) is 0.352. The van der Waals surface area contributed by atoms with E-state index in [1.165, 1.54) is 17.9 Å². The van der Waals surface area contributed by atoms with E-state index in [0.29, 0.717) is 6.54 Å². The van der Waals surface area contributed by atoms with Gasteiger partial charge in [0.15, 0.2) is 35.1 Å². The van der Waals surface area contributed by atoms with Crippen molar-refractivity contribution in [2.24, 2.45) is 0 Å². The number of aliphatic hydroxyl groups is 2. The Morgan fingerprint density at radius 1 is 1.11 bits per heavy atom. The summed E-state index contributed by atoms with van der Waals surface area (Å²) < 4.78 is 35.5. The van der Waals surface area contributed by atoms with E-state index in [1.807, 2.05) is 30.3 Å². The van der Waals surface area contributed by atoms with E-state index in [-0.39, 0.29) is 28.4 Å². The highest BCUT2D eigenvalue weighted by Crippen LogP contribution is 2.34. The number of imidazole rings is 1. The first kappa shape index (κ1) is 23.7. The molecule has 0 radical (unpaired) electrons. The summed E-state index contributed by atoms with van der Waals surface area (Å²) >= 11 is 0. The number of hydrogen-bond donors (Lipinski definition) is 4. The van der Waals surface area contributed by atoms with Gasteiger partial charge in [0.25, 0.3) is 5.91 Å².